The van der Waals surface area contributed by atoms with Crippen LogP contribution in [-0.2, 0) is 4.79 Å². The van der Waals surface area contributed by atoms with Crippen LogP contribution < -0.4 is 10.6 Å². The minimum Gasteiger partial charge on any atom is -0.355 e. The number of likely N-dealkylation sites (N-methyl/N-ethyl adjacent to an activating group) is 1. The molecule has 10 heavy (non-hydrogen) atoms. The molecule has 0 atom stereocenters. The number of carbonyl (C=O) groups is 1. The van der Waals surface area contributed by atoms with Crippen molar-refractivity contribution < 1.29 is 4.79 Å². The summed E-state index contributed by atoms with van der Waals surface area (Å²) >= 11 is 0. The van der Waals surface area contributed by atoms with Crippen molar-refractivity contribution >= 4 is 5.91 Å². The smallest absolute Gasteiger partial charge is 0.233 e. The van der Waals surface area contributed by atoms with E-state index in [1.54, 1.807) is 0 Å². The average Bonchev–Trinajstić information content (AvgIpc) is 1.97. The Labute approximate surface area is 62.2 Å². The van der Waals surface area contributed by atoms with Gasteiger partial charge in [0.05, 0.1) is 6.54 Å². The van der Waals surface area contributed by atoms with Gasteiger partial charge in [-0.1, -0.05) is 13.8 Å². The Bertz CT molecular complexity index is 83.6. The highest BCUT2D eigenvalue weighted by molar-refractivity contribution is 5.77. The fraction of sp³-hybridized carbons (Fsp3) is 0.857. The minimum absolute atomic E-state index is 0.0868. The van der Waals surface area contributed by atoms with Crippen molar-refractivity contribution in [3.05, 3.63) is 0 Å². The zero-order valence-corrected chi connectivity index (χ0v) is 6.74. The molecule has 0 aromatic heterocycles. The number of hydrogen-bond donors (Lipinski definition) is 2. The normalized spacial score (nSPS) is 9.40. The quantitative estimate of drug-likeness (QED) is 0.575. The number of hydrogen-bond acceptors (Lipinski definition) is 2. The van der Waals surface area contributed by atoms with Gasteiger partial charge in [0.2, 0.25) is 5.91 Å². The molecule has 1 amide bonds. The van der Waals surface area contributed by atoms with Crippen LogP contribution in [0.15, 0.2) is 0 Å². The monoisotopic (exact) mass is 144 g/mol. The predicted octanol–water partition coefficient (Wildman–Crippen LogP) is 0.122. The Hall–Kier alpha value is -0.570. The molecule has 0 heterocycles. The molecule has 0 radical (unpaired) electrons. The molecular weight excluding hydrogens is 128 g/mol. The largest absolute Gasteiger partial charge is 0.355 e. The van der Waals surface area contributed by atoms with E-state index in [0.29, 0.717) is 6.54 Å². The lowest BCUT2D eigenvalue weighted by molar-refractivity contribution is -0.120. The first-order valence-corrected chi connectivity index (χ1v) is 3.78. The summed E-state index contributed by atoms with van der Waals surface area (Å²) in [5.74, 6) is 0.0868. The molecule has 0 aromatic rings. The van der Waals surface area contributed by atoms with Gasteiger partial charge in [0.15, 0.2) is 0 Å². The second-order valence-corrected chi connectivity index (χ2v) is 2.13. The van der Waals surface area contributed by atoms with E-state index in [0.717, 1.165) is 19.5 Å². The Morgan fingerprint density at radius 3 is 2.60 bits per heavy atom. The second-order valence-electron chi connectivity index (χ2n) is 2.13. The van der Waals surface area contributed by atoms with Crippen LogP contribution in [-0.4, -0.2) is 25.5 Å². The van der Waals surface area contributed by atoms with Crippen molar-refractivity contribution in [1.82, 2.24) is 10.6 Å². The van der Waals surface area contributed by atoms with Gasteiger partial charge in [0, 0.05) is 6.54 Å². The highest BCUT2D eigenvalue weighted by Gasteiger charge is 1.95. The Morgan fingerprint density at radius 1 is 1.40 bits per heavy atom. The van der Waals surface area contributed by atoms with E-state index >= 15 is 0 Å². The summed E-state index contributed by atoms with van der Waals surface area (Å²) in [6.45, 7) is 6.08. The van der Waals surface area contributed by atoms with Crippen molar-refractivity contribution in [3.63, 3.8) is 0 Å². The maximum Gasteiger partial charge on any atom is 0.233 e. The molecule has 0 rings (SSSR count). The molecule has 0 aliphatic heterocycles. The molecule has 0 unspecified atom stereocenters. The number of amides is 1. The third-order valence-corrected chi connectivity index (χ3v) is 1.11. The molecule has 0 bridgehead atoms. The van der Waals surface area contributed by atoms with Gasteiger partial charge in [0.1, 0.15) is 0 Å². The first kappa shape index (κ1) is 9.43. The molecule has 0 saturated heterocycles. The van der Waals surface area contributed by atoms with E-state index in [2.05, 4.69) is 10.6 Å². The third-order valence-electron chi connectivity index (χ3n) is 1.11. The molecule has 0 aliphatic rings. The topological polar surface area (TPSA) is 41.1 Å². The summed E-state index contributed by atoms with van der Waals surface area (Å²) in [6, 6.07) is 0. The van der Waals surface area contributed by atoms with Crippen LogP contribution in [0.1, 0.15) is 20.3 Å². The van der Waals surface area contributed by atoms with E-state index in [1.807, 2.05) is 13.8 Å². The summed E-state index contributed by atoms with van der Waals surface area (Å²) in [6.07, 6.45) is 0.998. The number of rotatable bonds is 5. The van der Waals surface area contributed by atoms with E-state index < -0.39 is 0 Å². The minimum atomic E-state index is 0.0868. The van der Waals surface area contributed by atoms with E-state index in [-0.39, 0.29) is 5.91 Å². The predicted molar refractivity (Wildman–Crippen MR) is 41.8 cm³/mol. The van der Waals surface area contributed by atoms with Crippen LogP contribution in [0.25, 0.3) is 0 Å². The first-order chi connectivity index (χ1) is 4.81. The highest BCUT2D eigenvalue weighted by Crippen LogP contribution is 1.69. The van der Waals surface area contributed by atoms with Gasteiger partial charge in [-0.3, -0.25) is 4.79 Å². The van der Waals surface area contributed by atoms with Crippen LogP contribution in [0.4, 0.5) is 0 Å². The number of carbonyl (C=O) groups excluding carboxylic acids is 1. The van der Waals surface area contributed by atoms with Gasteiger partial charge in [-0.2, -0.15) is 0 Å². The molecule has 0 fully saturated rings. The zero-order valence-electron chi connectivity index (χ0n) is 6.74. The van der Waals surface area contributed by atoms with Crippen LogP contribution in [0, 0.1) is 0 Å². The molecule has 2 N–H and O–H groups in total. The summed E-state index contributed by atoms with van der Waals surface area (Å²) in [4.78, 5) is 10.8. The second kappa shape index (κ2) is 6.55. The summed E-state index contributed by atoms with van der Waals surface area (Å²) in [5, 5.41) is 5.71. The average molecular weight is 144 g/mol. The van der Waals surface area contributed by atoms with Crippen molar-refractivity contribution in [3.8, 4) is 0 Å². The van der Waals surface area contributed by atoms with Crippen molar-refractivity contribution in [2.45, 2.75) is 20.3 Å². The molecule has 3 nitrogen and oxygen atoms in total. The summed E-state index contributed by atoms with van der Waals surface area (Å²) in [7, 11) is 0. The van der Waals surface area contributed by atoms with Crippen LogP contribution >= 0.6 is 0 Å². The first-order valence-electron chi connectivity index (χ1n) is 3.78. The van der Waals surface area contributed by atoms with Crippen molar-refractivity contribution in [2.24, 2.45) is 0 Å². The Balaban J connectivity index is 3.09. The van der Waals surface area contributed by atoms with Crippen molar-refractivity contribution in [1.29, 1.82) is 0 Å². The summed E-state index contributed by atoms with van der Waals surface area (Å²) in [5.41, 5.74) is 0. The summed E-state index contributed by atoms with van der Waals surface area (Å²) < 4.78 is 0. The van der Waals surface area contributed by atoms with Gasteiger partial charge in [-0.05, 0) is 13.0 Å². The van der Waals surface area contributed by atoms with Crippen LogP contribution in [0.2, 0.25) is 0 Å². The maximum absolute atomic E-state index is 10.8. The van der Waals surface area contributed by atoms with Gasteiger partial charge in [0.25, 0.3) is 0 Å². The lowest BCUT2D eigenvalue weighted by atomic mass is 10.4. The van der Waals surface area contributed by atoms with Crippen LogP contribution in [0.3, 0.4) is 0 Å². The zero-order chi connectivity index (χ0) is 7.82. The molecule has 0 aliphatic carbocycles. The molecule has 0 aromatic carbocycles. The van der Waals surface area contributed by atoms with Gasteiger partial charge >= 0.3 is 0 Å². The van der Waals surface area contributed by atoms with E-state index in [9.17, 15) is 4.79 Å². The lowest BCUT2D eigenvalue weighted by Crippen LogP contribution is -2.33. The van der Waals surface area contributed by atoms with Gasteiger partial charge in [-0.25, -0.2) is 0 Å². The highest BCUT2D eigenvalue weighted by atomic mass is 16.1. The maximum atomic E-state index is 10.8. The molecule has 0 saturated carbocycles. The van der Waals surface area contributed by atoms with E-state index in [4.69, 9.17) is 0 Å². The molecular formula is C7H16N2O. The van der Waals surface area contributed by atoms with Crippen LogP contribution in [0.5, 0.6) is 0 Å². The Morgan fingerprint density at radius 2 is 2.10 bits per heavy atom. The molecule has 3 heteroatoms. The fourth-order valence-corrected chi connectivity index (χ4v) is 0.565. The van der Waals surface area contributed by atoms with E-state index in [1.165, 1.54) is 0 Å². The van der Waals surface area contributed by atoms with Crippen molar-refractivity contribution in [2.75, 3.05) is 19.6 Å². The lowest BCUT2D eigenvalue weighted by Gasteiger charge is -2.02. The fourth-order valence-electron chi connectivity index (χ4n) is 0.565. The molecule has 60 valence electrons. The third kappa shape index (κ3) is 5.56. The standard InChI is InChI=1S/C7H16N2O/c1-3-5-9-7(10)6-8-4-2/h8H,3-6H2,1-2H3,(H,9,10). The van der Waals surface area contributed by atoms with Gasteiger partial charge < -0.3 is 10.6 Å². The molecule has 0 spiro atoms. The SMILES string of the molecule is CCCNC(=O)CNCC. The van der Waals surface area contributed by atoms with Gasteiger partial charge in [-0.15, -0.1) is 0 Å². The number of nitrogens with one attached hydrogen (secondary N) is 2. The Kier molecular flexibility index (Phi) is 6.18.